The molecule has 1 aromatic carbocycles. The number of benzene rings is 1. The second kappa shape index (κ2) is 6.74. The zero-order valence-electron chi connectivity index (χ0n) is 11.5. The van der Waals surface area contributed by atoms with Crippen LogP contribution in [-0.2, 0) is 9.59 Å². The predicted molar refractivity (Wildman–Crippen MR) is 79.9 cm³/mol. The van der Waals surface area contributed by atoms with Crippen LogP contribution in [0.2, 0.25) is 0 Å². The summed E-state index contributed by atoms with van der Waals surface area (Å²) in [5, 5.41) is 20.2. The lowest BCUT2D eigenvalue weighted by atomic mass is 9.94. The minimum Gasteiger partial charge on any atom is -0.477 e. The van der Waals surface area contributed by atoms with E-state index in [4.69, 9.17) is 10.2 Å². The van der Waals surface area contributed by atoms with Crippen LogP contribution in [0.25, 0.3) is 5.57 Å². The first-order valence-electron chi connectivity index (χ1n) is 6.80. The van der Waals surface area contributed by atoms with Gasteiger partial charge in [0, 0.05) is 11.9 Å². The van der Waals surface area contributed by atoms with Crippen molar-refractivity contribution >= 4 is 23.2 Å². The van der Waals surface area contributed by atoms with E-state index in [1.807, 2.05) is 24.3 Å². The van der Waals surface area contributed by atoms with Crippen LogP contribution >= 0.6 is 0 Å². The van der Waals surface area contributed by atoms with Gasteiger partial charge in [-0.05, 0) is 49.0 Å². The number of hydrogen-bond donors (Lipinski definition) is 3. The van der Waals surface area contributed by atoms with Gasteiger partial charge in [0.25, 0.3) is 0 Å². The Morgan fingerprint density at radius 1 is 1.05 bits per heavy atom. The molecule has 0 fully saturated rings. The predicted octanol–water partition coefficient (Wildman–Crippen LogP) is 3.11. The van der Waals surface area contributed by atoms with Gasteiger partial charge in [-0.2, -0.15) is 0 Å². The molecular weight excluding hydrogens is 270 g/mol. The number of aliphatic carboxylic acids is 2. The molecule has 1 aliphatic rings. The molecular formula is C16H17NO4. The highest BCUT2D eigenvalue weighted by Gasteiger charge is 2.15. The van der Waals surface area contributed by atoms with Crippen molar-refractivity contribution in [2.24, 2.45) is 0 Å². The SMILES string of the molecule is O=C(O)C(=CNc1ccc(C2=CCCCC2)cc1)C(=O)O. The molecule has 2 rings (SSSR count). The van der Waals surface area contributed by atoms with E-state index in [-0.39, 0.29) is 0 Å². The molecule has 5 nitrogen and oxygen atoms in total. The van der Waals surface area contributed by atoms with Crippen LogP contribution in [0, 0.1) is 0 Å². The van der Waals surface area contributed by atoms with Crippen LogP contribution in [0.4, 0.5) is 5.69 Å². The standard InChI is InChI=1S/C16H17NO4/c18-15(19)14(16(20)21)10-17-13-8-6-12(7-9-13)11-4-2-1-3-5-11/h4,6-10,17H,1-3,5H2,(H,18,19)(H,20,21). The summed E-state index contributed by atoms with van der Waals surface area (Å²) in [6.45, 7) is 0. The average Bonchev–Trinajstić information content (AvgIpc) is 2.48. The molecule has 110 valence electrons. The number of carbonyl (C=O) groups is 2. The molecule has 0 radical (unpaired) electrons. The van der Waals surface area contributed by atoms with Crippen molar-refractivity contribution in [2.45, 2.75) is 25.7 Å². The summed E-state index contributed by atoms with van der Waals surface area (Å²) in [5.74, 6) is -2.95. The summed E-state index contributed by atoms with van der Waals surface area (Å²) < 4.78 is 0. The van der Waals surface area contributed by atoms with Crippen molar-refractivity contribution < 1.29 is 19.8 Å². The minimum atomic E-state index is -1.47. The summed E-state index contributed by atoms with van der Waals surface area (Å²) >= 11 is 0. The molecule has 0 saturated heterocycles. The van der Waals surface area contributed by atoms with E-state index in [1.165, 1.54) is 18.4 Å². The van der Waals surface area contributed by atoms with Crippen LogP contribution in [0.5, 0.6) is 0 Å². The molecule has 21 heavy (non-hydrogen) atoms. The largest absolute Gasteiger partial charge is 0.477 e. The van der Waals surface area contributed by atoms with E-state index in [2.05, 4.69) is 11.4 Å². The van der Waals surface area contributed by atoms with Crippen LogP contribution in [-0.4, -0.2) is 22.2 Å². The lowest BCUT2D eigenvalue weighted by molar-refractivity contribution is -0.140. The van der Waals surface area contributed by atoms with Crippen molar-refractivity contribution in [2.75, 3.05) is 5.32 Å². The van der Waals surface area contributed by atoms with Gasteiger partial charge in [-0.1, -0.05) is 18.2 Å². The zero-order valence-corrected chi connectivity index (χ0v) is 11.5. The minimum absolute atomic E-state index is 0.648. The van der Waals surface area contributed by atoms with Gasteiger partial charge in [0.2, 0.25) is 0 Å². The lowest BCUT2D eigenvalue weighted by Crippen LogP contribution is -2.12. The smallest absolute Gasteiger partial charge is 0.344 e. The molecule has 3 N–H and O–H groups in total. The van der Waals surface area contributed by atoms with E-state index in [0.29, 0.717) is 5.69 Å². The van der Waals surface area contributed by atoms with Gasteiger partial charge in [0.05, 0.1) is 0 Å². The fourth-order valence-corrected chi connectivity index (χ4v) is 2.25. The van der Waals surface area contributed by atoms with Gasteiger partial charge >= 0.3 is 11.9 Å². The fourth-order valence-electron chi connectivity index (χ4n) is 2.25. The van der Waals surface area contributed by atoms with E-state index in [1.54, 1.807) is 0 Å². The van der Waals surface area contributed by atoms with Crippen molar-refractivity contribution in [1.29, 1.82) is 0 Å². The van der Waals surface area contributed by atoms with Crippen LogP contribution in [0.15, 0.2) is 42.1 Å². The van der Waals surface area contributed by atoms with E-state index in [0.717, 1.165) is 24.6 Å². The zero-order chi connectivity index (χ0) is 15.2. The van der Waals surface area contributed by atoms with Gasteiger partial charge in [-0.25, -0.2) is 9.59 Å². The quantitative estimate of drug-likeness (QED) is 0.440. The monoisotopic (exact) mass is 287 g/mol. The molecule has 0 saturated carbocycles. The molecule has 0 amide bonds. The van der Waals surface area contributed by atoms with Gasteiger partial charge < -0.3 is 15.5 Å². The number of allylic oxidation sites excluding steroid dienone is 2. The third-order valence-corrected chi connectivity index (χ3v) is 3.39. The van der Waals surface area contributed by atoms with Gasteiger partial charge in [0.1, 0.15) is 0 Å². The maximum absolute atomic E-state index is 10.7. The summed E-state index contributed by atoms with van der Waals surface area (Å²) in [7, 11) is 0. The number of hydrogen-bond acceptors (Lipinski definition) is 3. The van der Waals surface area contributed by atoms with Gasteiger partial charge in [0.15, 0.2) is 5.57 Å². The first kappa shape index (κ1) is 14.8. The number of carboxylic acids is 2. The molecule has 0 atom stereocenters. The summed E-state index contributed by atoms with van der Waals surface area (Å²) in [5.41, 5.74) is 2.44. The molecule has 0 unspecified atom stereocenters. The average molecular weight is 287 g/mol. The maximum Gasteiger partial charge on any atom is 0.344 e. The topological polar surface area (TPSA) is 86.6 Å². The lowest BCUT2D eigenvalue weighted by Gasteiger charge is -2.13. The summed E-state index contributed by atoms with van der Waals surface area (Å²) in [6.07, 6.45) is 7.86. The van der Waals surface area contributed by atoms with Crippen LogP contribution in [0.1, 0.15) is 31.2 Å². The fraction of sp³-hybridized carbons (Fsp3) is 0.250. The summed E-state index contributed by atoms with van der Waals surface area (Å²) in [6, 6.07) is 7.52. The Labute approximate surface area is 122 Å². The third kappa shape index (κ3) is 3.95. The maximum atomic E-state index is 10.7. The van der Waals surface area contributed by atoms with Gasteiger partial charge in [-0.15, -0.1) is 0 Å². The number of anilines is 1. The molecule has 0 aromatic heterocycles. The molecule has 1 aliphatic carbocycles. The number of carboxylic acid groups (broad SMARTS) is 2. The second-order valence-electron chi connectivity index (χ2n) is 4.87. The van der Waals surface area contributed by atoms with Crippen molar-refractivity contribution in [3.05, 3.63) is 47.7 Å². The Morgan fingerprint density at radius 2 is 1.71 bits per heavy atom. The highest BCUT2D eigenvalue weighted by atomic mass is 16.4. The third-order valence-electron chi connectivity index (χ3n) is 3.39. The number of nitrogens with one attached hydrogen (secondary N) is 1. The Morgan fingerprint density at radius 3 is 2.24 bits per heavy atom. The van der Waals surface area contributed by atoms with Crippen LogP contribution in [0.3, 0.4) is 0 Å². The van der Waals surface area contributed by atoms with E-state index in [9.17, 15) is 9.59 Å². The first-order chi connectivity index (χ1) is 10.1. The molecule has 5 heteroatoms. The van der Waals surface area contributed by atoms with E-state index >= 15 is 0 Å². The Kier molecular flexibility index (Phi) is 4.77. The van der Waals surface area contributed by atoms with Gasteiger partial charge in [-0.3, -0.25) is 0 Å². The highest BCUT2D eigenvalue weighted by molar-refractivity contribution is 6.12. The number of rotatable bonds is 5. The van der Waals surface area contributed by atoms with Crippen LogP contribution < -0.4 is 5.32 Å². The Balaban J connectivity index is 2.09. The van der Waals surface area contributed by atoms with Crippen molar-refractivity contribution in [3.8, 4) is 0 Å². The first-order valence-corrected chi connectivity index (χ1v) is 6.80. The normalized spacial score (nSPS) is 14.0. The van der Waals surface area contributed by atoms with Crippen molar-refractivity contribution in [1.82, 2.24) is 0 Å². The molecule has 0 heterocycles. The highest BCUT2D eigenvalue weighted by Crippen LogP contribution is 2.27. The molecule has 0 spiro atoms. The van der Waals surface area contributed by atoms with E-state index < -0.39 is 17.5 Å². The molecule has 0 bridgehead atoms. The second-order valence-corrected chi connectivity index (χ2v) is 4.87. The van der Waals surface area contributed by atoms with Crippen molar-refractivity contribution in [3.63, 3.8) is 0 Å². The molecule has 0 aliphatic heterocycles. The summed E-state index contributed by atoms with van der Waals surface area (Å²) in [4.78, 5) is 21.5. The Bertz CT molecular complexity index is 583. The Hall–Kier alpha value is -2.56. The molecule has 1 aromatic rings.